The molecule has 32 heavy (non-hydrogen) atoms. The van der Waals surface area contributed by atoms with Gasteiger partial charge in [0, 0.05) is 0 Å². The third-order valence-electron chi connectivity index (χ3n) is 5.69. The molecule has 0 nitrogen and oxygen atoms in total. The second-order valence-corrected chi connectivity index (χ2v) is 25.4. The van der Waals surface area contributed by atoms with Crippen LogP contribution in [-0.2, 0) is 13.0 Å². The Labute approximate surface area is 213 Å². The van der Waals surface area contributed by atoms with Crippen LogP contribution in [0.1, 0.15) is 51.9 Å². The van der Waals surface area contributed by atoms with Gasteiger partial charge in [-0.1, -0.05) is 93.6 Å². The molecule has 3 rings (SSSR count). The van der Waals surface area contributed by atoms with E-state index in [4.69, 9.17) is 29.1 Å². The fourth-order valence-corrected chi connectivity index (χ4v) is 8.60. The second-order valence-electron chi connectivity index (χ2n) is 7.96. The normalized spacial score (nSPS) is 10.9. The van der Waals surface area contributed by atoms with Crippen molar-refractivity contribution >= 4 is 52.2 Å². The topological polar surface area (TPSA) is 0 Å². The van der Waals surface area contributed by atoms with Crippen LogP contribution in [-0.4, -0.2) is 6.16 Å². The first-order valence-corrected chi connectivity index (χ1v) is 25.4. The molecule has 0 spiro atoms. The Bertz CT molecular complexity index is 745. The van der Waals surface area contributed by atoms with Gasteiger partial charge in [-0.15, -0.1) is 0 Å². The average Bonchev–Trinajstić information content (AvgIpc) is 2.82. The molecule has 0 atom stereocenters. The van der Waals surface area contributed by atoms with Gasteiger partial charge in [0.15, 0.2) is 0 Å². The van der Waals surface area contributed by atoms with Gasteiger partial charge in [-0.3, -0.25) is 0 Å². The van der Waals surface area contributed by atoms with Crippen molar-refractivity contribution in [1.29, 1.82) is 0 Å². The van der Waals surface area contributed by atoms with Gasteiger partial charge in [0.2, 0.25) is 0 Å². The Kier molecular flexibility index (Phi) is 14.1. The zero-order chi connectivity index (χ0) is 23.1. The van der Waals surface area contributed by atoms with Gasteiger partial charge in [0.25, 0.3) is 0 Å². The predicted octanol–water partition coefficient (Wildman–Crippen LogP) is 8.80. The quantitative estimate of drug-likeness (QED) is 0.125. The molecule has 0 N–H and O–H groups in total. The van der Waals surface area contributed by atoms with Crippen molar-refractivity contribution in [2.75, 3.05) is 6.16 Å². The standard InChI is InChI=1S/C27H34P.3ClH.Zn/c1-2-3-4-5-6-7-17-24-28(25-18-11-8-12-19-25,26-20-13-9-14-21-26)27-22-15-10-16-23-27;;;;/h8-16,18-23H,2-7,17,24H2,1H3;3*1H;/q+1;;;;+2/p-3. The molecule has 0 aliphatic heterocycles. The summed E-state index contributed by atoms with van der Waals surface area (Å²) in [5.74, 6) is 0. The summed E-state index contributed by atoms with van der Waals surface area (Å²) < 4.78 is 0. The van der Waals surface area contributed by atoms with Crippen LogP contribution < -0.4 is 15.9 Å². The molecule has 0 radical (unpaired) electrons. The van der Waals surface area contributed by atoms with Crippen LogP contribution in [0.2, 0.25) is 0 Å². The van der Waals surface area contributed by atoms with Gasteiger partial charge in [0.05, 0.1) is 6.16 Å². The molecule has 0 aromatic heterocycles. The monoisotopic (exact) mass is 558 g/mol. The van der Waals surface area contributed by atoms with E-state index in [9.17, 15) is 0 Å². The summed E-state index contributed by atoms with van der Waals surface area (Å²) in [6.45, 7) is 2.29. The maximum absolute atomic E-state index is 5.01. The van der Waals surface area contributed by atoms with Crippen LogP contribution in [0.25, 0.3) is 0 Å². The number of hydrogen-bond donors (Lipinski definition) is 0. The Hall–Kier alpha value is -0.417. The molecule has 3 aromatic carbocycles. The van der Waals surface area contributed by atoms with E-state index in [1.807, 2.05) is 0 Å². The minimum absolute atomic E-state index is 1.26. The van der Waals surface area contributed by atoms with E-state index in [2.05, 4.69) is 97.9 Å². The molecule has 0 heterocycles. The van der Waals surface area contributed by atoms with E-state index in [1.54, 1.807) is 0 Å². The third kappa shape index (κ3) is 9.08. The summed E-state index contributed by atoms with van der Waals surface area (Å²) in [6, 6.07) is 33.8. The summed E-state index contributed by atoms with van der Waals surface area (Å²) in [6.07, 6.45) is 10.8. The molecule has 0 fully saturated rings. The first kappa shape index (κ1) is 27.8. The Morgan fingerprint density at radius 1 is 0.531 bits per heavy atom. The predicted molar refractivity (Wildman–Crippen MR) is 146 cm³/mol. The maximum atomic E-state index is 5.01. The fourth-order valence-electron chi connectivity index (χ4n) is 4.19. The molecule has 5 heteroatoms. The molecule has 0 saturated carbocycles. The number of unbranched alkanes of at least 4 members (excludes halogenated alkanes) is 6. The van der Waals surface area contributed by atoms with Crippen LogP contribution in [0, 0.1) is 0 Å². The van der Waals surface area contributed by atoms with Crippen LogP contribution in [0.4, 0.5) is 0 Å². The van der Waals surface area contributed by atoms with Crippen molar-refractivity contribution in [3.05, 3.63) is 91.0 Å². The van der Waals surface area contributed by atoms with Crippen LogP contribution in [0.15, 0.2) is 91.0 Å². The molecule has 0 aliphatic carbocycles. The fraction of sp³-hybridized carbons (Fsp3) is 0.333. The zero-order valence-corrected chi connectivity index (χ0v) is 25.2. The van der Waals surface area contributed by atoms with Gasteiger partial charge < -0.3 is 0 Å². The van der Waals surface area contributed by atoms with Crippen molar-refractivity contribution < 1.29 is 13.0 Å². The Balaban J connectivity index is 0.000000837. The minimum atomic E-state index is -2.21. The van der Waals surface area contributed by atoms with E-state index < -0.39 is 20.2 Å². The molecule has 0 unspecified atom stereocenters. The summed E-state index contributed by atoms with van der Waals surface area (Å²) in [4.78, 5) is 0. The Morgan fingerprint density at radius 3 is 1.19 bits per heavy atom. The van der Waals surface area contributed by atoms with E-state index in [1.165, 1.54) is 67.0 Å². The number of hydrogen-bond acceptors (Lipinski definition) is 0. The van der Waals surface area contributed by atoms with Crippen LogP contribution in [0.3, 0.4) is 0 Å². The van der Waals surface area contributed by atoms with E-state index >= 15 is 0 Å². The van der Waals surface area contributed by atoms with Crippen LogP contribution in [0.5, 0.6) is 0 Å². The molecule has 0 amide bonds. The van der Waals surface area contributed by atoms with Crippen molar-refractivity contribution in [1.82, 2.24) is 0 Å². The molecular formula is C27H34Cl3PZn. The first-order valence-electron chi connectivity index (χ1n) is 11.7. The summed E-state index contributed by atoms with van der Waals surface area (Å²) in [5.41, 5.74) is 0. The zero-order valence-electron chi connectivity index (χ0n) is 19.1. The molecular weight excluding hydrogens is 527 g/mol. The van der Waals surface area contributed by atoms with E-state index in [0.717, 1.165) is 0 Å². The summed E-state index contributed by atoms with van der Waals surface area (Å²) in [7, 11) is 13.4. The van der Waals surface area contributed by atoms with Crippen molar-refractivity contribution in [2.24, 2.45) is 0 Å². The van der Waals surface area contributed by atoms with Crippen molar-refractivity contribution in [2.45, 2.75) is 51.9 Å². The van der Waals surface area contributed by atoms with Gasteiger partial charge >= 0.3 is 42.1 Å². The summed E-state index contributed by atoms with van der Waals surface area (Å²) in [5, 5.41) is 4.54. The number of halogens is 3. The SMILES string of the molecule is CCCCCCCCC[P+](c1ccccc1)(c1ccccc1)c1ccccc1.[Cl][Zn-]([Cl])[Cl]. The van der Waals surface area contributed by atoms with Gasteiger partial charge in [-0.2, -0.15) is 0 Å². The molecule has 0 saturated heterocycles. The van der Waals surface area contributed by atoms with Crippen molar-refractivity contribution in [3.63, 3.8) is 0 Å². The van der Waals surface area contributed by atoms with E-state index in [-0.39, 0.29) is 0 Å². The summed E-state index contributed by atoms with van der Waals surface area (Å²) >= 11 is -2.21. The first-order chi connectivity index (χ1) is 15.6. The van der Waals surface area contributed by atoms with Crippen molar-refractivity contribution in [3.8, 4) is 0 Å². The molecule has 0 bridgehead atoms. The van der Waals surface area contributed by atoms with Gasteiger partial charge in [-0.25, -0.2) is 0 Å². The molecule has 0 aliphatic rings. The second kappa shape index (κ2) is 16.3. The average molecular weight is 561 g/mol. The Morgan fingerprint density at radius 2 is 0.844 bits per heavy atom. The van der Waals surface area contributed by atoms with Gasteiger partial charge in [0.1, 0.15) is 23.2 Å². The third-order valence-corrected chi connectivity index (χ3v) is 10.2. The number of rotatable bonds is 11. The molecule has 170 valence electrons. The molecule has 3 aromatic rings. The van der Waals surface area contributed by atoms with Gasteiger partial charge in [-0.05, 0) is 49.2 Å². The number of benzene rings is 3. The van der Waals surface area contributed by atoms with Crippen LogP contribution >= 0.6 is 36.3 Å². The van der Waals surface area contributed by atoms with E-state index in [0.29, 0.717) is 0 Å².